The molecule has 2 N–H and O–H groups in total. The highest BCUT2D eigenvalue weighted by molar-refractivity contribution is 5.97. The third-order valence-electron chi connectivity index (χ3n) is 4.22. The van der Waals surface area contributed by atoms with Gasteiger partial charge in [0.05, 0.1) is 11.5 Å². The van der Waals surface area contributed by atoms with Crippen LogP contribution in [0.5, 0.6) is 11.5 Å². The number of benzene rings is 2. The lowest BCUT2D eigenvalue weighted by Gasteiger charge is -2.15. The molecule has 2 aromatic rings. The maximum atomic E-state index is 12.5. The molecular weight excluding hydrogens is 306 g/mol. The monoisotopic (exact) mass is 325 g/mol. The van der Waals surface area contributed by atoms with Crippen molar-refractivity contribution in [1.29, 1.82) is 0 Å². The van der Waals surface area contributed by atoms with E-state index in [0.717, 1.165) is 0 Å². The fourth-order valence-electron chi connectivity index (χ4n) is 2.96. The Morgan fingerprint density at radius 3 is 2.42 bits per heavy atom. The van der Waals surface area contributed by atoms with Gasteiger partial charge in [0.1, 0.15) is 11.5 Å². The standard InChI is InChI=1S/C19H19NO4/c21-18(20-14-11-10-13(12-14)19(22)23)16-8-4-5-9-17(16)24-15-6-2-1-3-7-15/h1-9,13-14H,10-12H2,(H,20,21)(H,22,23)/t13-,14+/m1/s1. The van der Waals surface area contributed by atoms with E-state index in [1.165, 1.54) is 0 Å². The van der Waals surface area contributed by atoms with Crippen LogP contribution >= 0.6 is 0 Å². The number of rotatable bonds is 5. The Labute approximate surface area is 140 Å². The average Bonchev–Trinajstić information content (AvgIpc) is 3.05. The van der Waals surface area contributed by atoms with E-state index in [1.807, 2.05) is 36.4 Å². The van der Waals surface area contributed by atoms with Gasteiger partial charge in [0, 0.05) is 6.04 Å². The molecule has 24 heavy (non-hydrogen) atoms. The van der Waals surface area contributed by atoms with E-state index in [9.17, 15) is 9.59 Å². The summed E-state index contributed by atoms with van der Waals surface area (Å²) in [5.74, 6) is -0.262. The first-order chi connectivity index (χ1) is 11.6. The van der Waals surface area contributed by atoms with Crippen LogP contribution in [-0.2, 0) is 4.79 Å². The van der Waals surface area contributed by atoms with Crippen LogP contribution in [0.2, 0.25) is 0 Å². The van der Waals surface area contributed by atoms with E-state index in [1.54, 1.807) is 18.2 Å². The van der Waals surface area contributed by atoms with Gasteiger partial charge in [-0.3, -0.25) is 9.59 Å². The topological polar surface area (TPSA) is 75.6 Å². The summed E-state index contributed by atoms with van der Waals surface area (Å²) in [4.78, 5) is 23.6. The fraction of sp³-hybridized carbons (Fsp3) is 0.263. The number of hydrogen-bond acceptors (Lipinski definition) is 3. The van der Waals surface area contributed by atoms with Crippen molar-refractivity contribution in [3.63, 3.8) is 0 Å². The minimum absolute atomic E-state index is 0.108. The number of carboxylic acids is 1. The largest absolute Gasteiger partial charge is 0.481 e. The lowest BCUT2D eigenvalue weighted by molar-refractivity contribution is -0.141. The molecule has 2 aromatic carbocycles. The smallest absolute Gasteiger partial charge is 0.306 e. The van der Waals surface area contributed by atoms with Gasteiger partial charge in [-0.2, -0.15) is 0 Å². The number of para-hydroxylation sites is 2. The van der Waals surface area contributed by atoms with Crippen molar-refractivity contribution in [3.8, 4) is 11.5 Å². The molecule has 0 unspecified atom stereocenters. The van der Waals surface area contributed by atoms with E-state index in [-0.39, 0.29) is 17.9 Å². The van der Waals surface area contributed by atoms with Crippen molar-refractivity contribution in [2.24, 2.45) is 5.92 Å². The number of amides is 1. The first-order valence-corrected chi connectivity index (χ1v) is 7.99. The first kappa shape index (κ1) is 16.1. The number of aliphatic carboxylic acids is 1. The zero-order chi connectivity index (χ0) is 16.9. The Morgan fingerprint density at radius 2 is 1.71 bits per heavy atom. The van der Waals surface area contributed by atoms with Gasteiger partial charge in [-0.1, -0.05) is 30.3 Å². The summed E-state index contributed by atoms with van der Waals surface area (Å²) in [6, 6.07) is 16.2. The van der Waals surface area contributed by atoms with Crippen LogP contribution in [-0.4, -0.2) is 23.0 Å². The van der Waals surface area contributed by atoms with Gasteiger partial charge in [-0.25, -0.2) is 0 Å². The van der Waals surface area contributed by atoms with E-state index in [4.69, 9.17) is 9.84 Å². The minimum atomic E-state index is -0.792. The Morgan fingerprint density at radius 1 is 1.00 bits per heavy atom. The molecule has 1 saturated carbocycles. The van der Waals surface area contributed by atoms with E-state index in [2.05, 4.69) is 5.32 Å². The quantitative estimate of drug-likeness (QED) is 0.882. The van der Waals surface area contributed by atoms with E-state index >= 15 is 0 Å². The summed E-state index contributed by atoms with van der Waals surface area (Å²) in [6.07, 6.45) is 1.76. The number of hydrogen-bond donors (Lipinski definition) is 2. The molecule has 2 atom stereocenters. The Bertz CT molecular complexity index is 729. The van der Waals surface area contributed by atoms with Crippen molar-refractivity contribution in [2.45, 2.75) is 25.3 Å². The predicted molar refractivity (Wildman–Crippen MR) is 89.2 cm³/mol. The van der Waals surface area contributed by atoms with Gasteiger partial charge in [0.25, 0.3) is 5.91 Å². The summed E-state index contributed by atoms with van der Waals surface area (Å²) < 4.78 is 5.80. The zero-order valence-electron chi connectivity index (χ0n) is 13.1. The third kappa shape index (κ3) is 3.74. The second-order valence-corrected chi connectivity index (χ2v) is 5.93. The van der Waals surface area contributed by atoms with Gasteiger partial charge in [0.15, 0.2) is 0 Å². The summed E-state index contributed by atoms with van der Waals surface area (Å²) >= 11 is 0. The molecule has 5 nitrogen and oxygen atoms in total. The highest BCUT2D eigenvalue weighted by atomic mass is 16.5. The van der Waals surface area contributed by atoms with Crippen molar-refractivity contribution >= 4 is 11.9 Å². The van der Waals surface area contributed by atoms with Gasteiger partial charge in [-0.15, -0.1) is 0 Å². The number of carboxylic acid groups (broad SMARTS) is 1. The van der Waals surface area contributed by atoms with Crippen LogP contribution in [0, 0.1) is 5.92 Å². The third-order valence-corrected chi connectivity index (χ3v) is 4.22. The fourth-order valence-corrected chi connectivity index (χ4v) is 2.96. The molecule has 124 valence electrons. The second kappa shape index (κ2) is 7.17. The van der Waals surface area contributed by atoms with Crippen molar-refractivity contribution in [2.75, 3.05) is 0 Å². The van der Waals surface area contributed by atoms with Crippen LogP contribution in [0.25, 0.3) is 0 Å². The SMILES string of the molecule is O=C(N[C@H]1CC[C@@H](C(=O)O)C1)c1ccccc1Oc1ccccc1. The molecule has 3 rings (SSSR count). The number of ether oxygens (including phenoxy) is 1. The molecule has 0 radical (unpaired) electrons. The predicted octanol–water partition coefficient (Wildman–Crippen LogP) is 3.46. The highest BCUT2D eigenvalue weighted by Crippen LogP contribution is 2.28. The van der Waals surface area contributed by atoms with Crippen molar-refractivity contribution in [3.05, 3.63) is 60.2 Å². The normalized spacial score (nSPS) is 19.7. The molecule has 0 saturated heterocycles. The van der Waals surface area contributed by atoms with Crippen molar-refractivity contribution in [1.82, 2.24) is 5.32 Å². The van der Waals surface area contributed by atoms with Gasteiger partial charge < -0.3 is 15.2 Å². The summed E-state index contributed by atoms with van der Waals surface area (Å²) in [5.41, 5.74) is 0.445. The molecule has 0 aliphatic heterocycles. The first-order valence-electron chi connectivity index (χ1n) is 7.99. The Kier molecular flexibility index (Phi) is 4.79. The van der Waals surface area contributed by atoms with Gasteiger partial charge in [0.2, 0.25) is 0 Å². The number of carbonyl (C=O) groups is 2. The van der Waals surface area contributed by atoms with Gasteiger partial charge in [-0.05, 0) is 43.5 Å². The zero-order valence-corrected chi connectivity index (χ0v) is 13.1. The molecule has 5 heteroatoms. The van der Waals surface area contributed by atoms with Crippen LogP contribution in [0.15, 0.2) is 54.6 Å². The molecule has 0 bridgehead atoms. The lowest BCUT2D eigenvalue weighted by Crippen LogP contribution is -2.33. The van der Waals surface area contributed by atoms with E-state index < -0.39 is 5.97 Å². The van der Waals surface area contributed by atoms with Crippen LogP contribution in [0.1, 0.15) is 29.6 Å². The number of carbonyl (C=O) groups excluding carboxylic acids is 1. The Hall–Kier alpha value is -2.82. The molecule has 1 fully saturated rings. The lowest BCUT2D eigenvalue weighted by atomic mass is 10.1. The maximum absolute atomic E-state index is 12.5. The van der Waals surface area contributed by atoms with Gasteiger partial charge >= 0.3 is 5.97 Å². The minimum Gasteiger partial charge on any atom is -0.481 e. The molecular formula is C19H19NO4. The summed E-state index contributed by atoms with van der Waals surface area (Å²) in [6.45, 7) is 0. The molecule has 1 aliphatic rings. The van der Waals surface area contributed by atoms with E-state index in [0.29, 0.717) is 36.3 Å². The van der Waals surface area contributed by atoms with Crippen LogP contribution < -0.4 is 10.1 Å². The molecule has 0 heterocycles. The molecule has 1 aliphatic carbocycles. The average molecular weight is 325 g/mol. The highest BCUT2D eigenvalue weighted by Gasteiger charge is 2.31. The van der Waals surface area contributed by atoms with Crippen molar-refractivity contribution < 1.29 is 19.4 Å². The molecule has 0 spiro atoms. The Balaban J connectivity index is 1.70. The number of nitrogens with one attached hydrogen (secondary N) is 1. The van der Waals surface area contributed by atoms with Crippen LogP contribution in [0.4, 0.5) is 0 Å². The molecule has 1 amide bonds. The summed E-state index contributed by atoms with van der Waals surface area (Å²) in [5, 5.41) is 12.0. The molecule has 0 aromatic heterocycles. The second-order valence-electron chi connectivity index (χ2n) is 5.93. The maximum Gasteiger partial charge on any atom is 0.306 e. The van der Waals surface area contributed by atoms with Crippen LogP contribution in [0.3, 0.4) is 0 Å². The summed E-state index contributed by atoms with van der Waals surface area (Å²) in [7, 11) is 0.